The maximum absolute atomic E-state index is 5.26. The summed E-state index contributed by atoms with van der Waals surface area (Å²) >= 11 is 0. The third-order valence-corrected chi connectivity index (χ3v) is 13.4. The van der Waals surface area contributed by atoms with Crippen molar-refractivity contribution in [3.63, 3.8) is 0 Å². The summed E-state index contributed by atoms with van der Waals surface area (Å²) in [6.45, 7) is 0. The Bertz CT molecular complexity index is 4010. The van der Waals surface area contributed by atoms with Crippen LogP contribution in [0, 0.1) is 0 Å². The average molecular weight is 838 g/mol. The van der Waals surface area contributed by atoms with Gasteiger partial charge in [0.15, 0.2) is 5.82 Å². The smallest absolute Gasteiger partial charge is 0.160 e. The van der Waals surface area contributed by atoms with Gasteiger partial charge in [0.1, 0.15) is 0 Å². The third-order valence-electron chi connectivity index (χ3n) is 13.4. The van der Waals surface area contributed by atoms with Gasteiger partial charge in [0.2, 0.25) is 0 Å². The molecule has 0 N–H and O–H groups in total. The van der Waals surface area contributed by atoms with Crippen LogP contribution in [0.4, 0.5) is 0 Å². The lowest BCUT2D eigenvalue weighted by atomic mass is 9.87. The first-order valence-electron chi connectivity index (χ1n) is 22.5. The largest absolute Gasteiger partial charge is 0.264 e. The molecular weight excluding hydrogens is 799 g/mol. The molecule has 13 rings (SSSR count). The highest BCUT2D eigenvalue weighted by molar-refractivity contribution is 6.33. The van der Waals surface area contributed by atoms with E-state index in [0.29, 0.717) is 5.82 Å². The molecule has 0 aliphatic heterocycles. The molecule has 0 amide bonds. The first kappa shape index (κ1) is 37.7. The van der Waals surface area contributed by atoms with Crippen LogP contribution in [-0.2, 0) is 0 Å². The zero-order valence-electron chi connectivity index (χ0n) is 35.9. The summed E-state index contributed by atoms with van der Waals surface area (Å²) in [5, 5.41) is 15.2. The van der Waals surface area contributed by atoms with Crippen LogP contribution in [0.2, 0.25) is 0 Å². The number of nitrogens with zero attached hydrogens (tertiary/aromatic N) is 3. The van der Waals surface area contributed by atoms with Crippen LogP contribution < -0.4 is 0 Å². The normalized spacial score (nSPS) is 11.6. The maximum Gasteiger partial charge on any atom is 0.160 e. The van der Waals surface area contributed by atoms with E-state index in [1.807, 2.05) is 12.3 Å². The zero-order chi connectivity index (χ0) is 43.6. The van der Waals surface area contributed by atoms with Gasteiger partial charge in [-0.05, 0) is 122 Å². The minimum Gasteiger partial charge on any atom is -0.264 e. The van der Waals surface area contributed by atoms with Crippen LogP contribution in [0.1, 0.15) is 0 Å². The van der Waals surface area contributed by atoms with Crippen molar-refractivity contribution in [2.24, 2.45) is 0 Å². The Morgan fingerprint density at radius 1 is 0.258 bits per heavy atom. The molecule has 3 nitrogen and oxygen atoms in total. The fourth-order valence-corrected chi connectivity index (χ4v) is 10.2. The van der Waals surface area contributed by atoms with E-state index in [4.69, 9.17) is 9.97 Å². The van der Waals surface area contributed by atoms with Gasteiger partial charge in [0.05, 0.1) is 11.4 Å². The summed E-state index contributed by atoms with van der Waals surface area (Å²) < 4.78 is 0. The van der Waals surface area contributed by atoms with Crippen molar-refractivity contribution in [2.75, 3.05) is 0 Å². The number of benzene rings is 11. The van der Waals surface area contributed by atoms with E-state index in [9.17, 15) is 0 Å². The van der Waals surface area contributed by atoms with Crippen molar-refractivity contribution >= 4 is 64.6 Å². The predicted molar refractivity (Wildman–Crippen MR) is 277 cm³/mol. The molecule has 11 aromatic carbocycles. The quantitative estimate of drug-likeness (QED) is 0.157. The molecule has 0 fully saturated rings. The molecule has 2 aromatic heterocycles. The third kappa shape index (κ3) is 6.32. The lowest BCUT2D eigenvalue weighted by Crippen LogP contribution is -1.96. The lowest BCUT2D eigenvalue weighted by molar-refractivity contribution is 1.18. The van der Waals surface area contributed by atoms with Gasteiger partial charge in [-0.1, -0.05) is 200 Å². The van der Waals surface area contributed by atoms with Crippen LogP contribution in [-0.4, -0.2) is 15.0 Å². The summed E-state index contributed by atoms with van der Waals surface area (Å²) in [5.74, 6) is 0.675. The highest BCUT2D eigenvalue weighted by atomic mass is 14.9. The Balaban J connectivity index is 0.932. The summed E-state index contributed by atoms with van der Waals surface area (Å²) in [7, 11) is 0. The van der Waals surface area contributed by atoms with Gasteiger partial charge in [-0.3, -0.25) is 4.98 Å². The van der Waals surface area contributed by atoms with Crippen molar-refractivity contribution in [1.82, 2.24) is 15.0 Å². The molecule has 0 atom stereocenters. The number of hydrogen-bond acceptors (Lipinski definition) is 3. The molecule has 0 aliphatic carbocycles. The van der Waals surface area contributed by atoms with Crippen LogP contribution in [0.15, 0.2) is 237 Å². The fourth-order valence-electron chi connectivity index (χ4n) is 10.2. The van der Waals surface area contributed by atoms with Crippen molar-refractivity contribution in [2.45, 2.75) is 0 Å². The van der Waals surface area contributed by atoms with E-state index < -0.39 is 0 Å². The molecule has 2 heterocycles. The first-order chi connectivity index (χ1) is 32.7. The second-order valence-electron chi connectivity index (χ2n) is 17.1. The molecule has 3 heteroatoms. The molecule has 66 heavy (non-hydrogen) atoms. The van der Waals surface area contributed by atoms with E-state index in [1.165, 1.54) is 81.3 Å². The van der Waals surface area contributed by atoms with Gasteiger partial charge in [0.25, 0.3) is 0 Å². The SMILES string of the molecule is c1cncc(-c2ccc(-c3nc(-c4ccc(-c5cc6ccccc6c6ccccc56)cc4)cc(-c4ccc(-c5cc6c7ccccc7c7ccccc7c6c6ccccc56)cc4)n3)cc2)c1. The predicted octanol–water partition coefficient (Wildman–Crippen LogP) is 16.8. The van der Waals surface area contributed by atoms with Gasteiger partial charge in [-0.15, -0.1) is 0 Å². The van der Waals surface area contributed by atoms with Gasteiger partial charge < -0.3 is 0 Å². The zero-order valence-corrected chi connectivity index (χ0v) is 35.9. The van der Waals surface area contributed by atoms with E-state index in [2.05, 4.69) is 223 Å². The van der Waals surface area contributed by atoms with E-state index in [0.717, 1.165) is 44.8 Å². The highest BCUT2D eigenvalue weighted by Gasteiger charge is 2.17. The number of aromatic nitrogens is 3. The molecule has 0 bridgehead atoms. The minimum atomic E-state index is 0.675. The Morgan fingerprint density at radius 3 is 1.27 bits per heavy atom. The second-order valence-corrected chi connectivity index (χ2v) is 17.1. The van der Waals surface area contributed by atoms with Gasteiger partial charge in [-0.25, -0.2) is 9.97 Å². The molecule has 0 aliphatic rings. The van der Waals surface area contributed by atoms with Gasteiger partial charge >= 0.3 is 0 Å². The summed E-state index contributed by atoms with van der Waals surface area (Å²) in [6.07, 6.45) is 3.69. The topological polar surface area (TPSA) is 38.7 Å². The average Bonchev–Trinajstić information content (AvgIpc) is 3.40. The molecule has 0 saturated carbocycles. The van der Waals surface area contributed by atoms with Crippen LogP contribution in [0.5, 0.6) is 0 Å². The number of hydrogen-bond donors (Lipinski definition) is 0. The summed E-state index contributed by atoms with van der Waals surface area (Å²) in [5.41, 5.74) is 11.6. The number of fused-ring (bicyclic) bond motifs is 11. The fraction of sp³-hybridized carbons (Fsp3) is 0. The van der Waals surface area contributed by atoms with Crippen molar-refractivity contribution in [3.8, 4) is 67.3 Å². The van der Waals surface area contributed by atoms with Crippen LogP contribution in [0.25, 0.3) is 132 Å². The van der Waals surface area contributed by atoms with Crippen LogP contribution >= 0.6 is 0 Å². The molecule has 0 unspecified atom stereocenters. The van der Waals surface area contributed by atoms with E-state index >= 15 is 0 Å². The Labute approximate surface area is 382 Å². The number of rotatable bonds is 6. The summed E-state index contributed by atoms with van der Waals surface area (Å²) in [4.78, 5) is 14.8. The highest BCUT2D eigenvalue weighted by Crippen LogP contribution is 2.43. The molecule has 13 aromatic rings. The van der Waals surface area contributed by atoms with Crippen molar-refractivity contribution in [3.05, 3.63) is 237 Å². The Hall–Kier alpha value is -8.79. The second kappa shape index (κ2) is 15.5. The maximum atomic E-state index is 5.26. The molecule has 0 saturated heterocycles. The monoisotopic (exact) mass is 837 g/mol. The first-order valence-corrected chi connectivity index (χ1v) is 22.5. The Morgan fingerprint density at radius 2 is 0.682 bits per heavy atom. The van der Waals surface area contributed by atoms with Gasteiger partial charge in [-0.2, -0.15) is 0 Å². The van der Waals surface area contributed by atoms with Crippen LogP contribution in [0.3, 0.4) is 0 Å². The molecule has 306 valence electrons. The lowest BCUT2D eigenvalue weighted by Gasteiger charge is -2.16. The summed E-state index contributed by atoms with van der Waals surface area (Å²) in [6, 6.07) is 81.0. The Kier molecular flexibility index (Phi) is 8.85. The standard InChI is InChI=1S/C63H39N3/c1-2-14-48-46(12-1)36-57(52-18-5-3-15-49(48)52)41-25-29-43(30-26-41)60-38-61(66-63(65-60)45-33-23-40(24-34-45)47-13-11-35-64-39-47)44-31-27-42(28-32-44)58-37-59-53-19-6-4-16-50(53)51-17-7-9-21-55(51)62(59)56-22-10-8-20-54(56)58/h1-39H. The molecule has 0 spiro atoms. The minimum absolute atomic E-state index is 0.675. The van der Waals surface area contributed by atoms with Gasteiger partial charge in [0, 0.05) is 29.1 Å². The van der Waals surface area contributed by atoms with E-state index in [1.54, 1.807) is 6.20 Å². The number of pyridine rings is 1. The molecule has 0 radical (unpaired) electrons. The van der Waals surface area contributed by atoms with E-state index in [-0.39, 0.29) is 0 Å². The van der Waals surface area contributed by atoms with Crippen molar-refractivity contribution in [1.29, 1.82) is 0 Å². The molecular formula is C63H39N3. The van der Waals surface area contributed by atoms with Crippen molar-refractivity contribution < 1.29 is 0 Å².